The van der Waals surface area contributed by atoms with Crippen LogP contribution in [-0.4, -0.2) is 8.42 Å². The summed E-state index contributed by atoms with van der Waals surface area (Å²) < 4.78 is 27.7. The highest BCUT2D eigenvalue weighted by Gasteiger charge is 2.15. The highest BCUT2D eigenvalue weighted by atomic mass is 32.2. The third-order valence-corrected chi connectivity index (χ3v) is 5.40. The maximum absolute atomic E-state index is 12.5. The van der Waals surface area contributed by atoms with Crippen molar-refractivity contribution >= 4 is 15.7 Å². The average molecular weight is 331 g/mol. The Bertz CT molecular complexity index is 776. The Morgan fingerprint density at radius 2 is 1.48 bits per heavy atom. The van der Waals surface area contributed by atoms with Crippen LogP contribution in [0.3, 0.4) is 0 Å². The number of nitrogens with one attached hydrogen (secondary N) is 1. The number of rotatable bonds is 5. The lowest BCUT2D eigenvalue weighted by Crippen LogP contribution is -2.13. The summed E-state index contributed by atoms with van der Waals surface area (Å²) in [5, 5.41) is 0. The Morgan fingerprint density at radius 1 is 0.870 bits per heavy atom. The van der Waals surface area contributed by atoms with Crippen LogP contribution in [0.5, 0.6) is 0 Å². The van der Waals surface area contributed by atoms with E-state index in [2.05, 4.69) is 32.4 Å². The van der Waals surface area contributed by atoms with Crippen LogP contribution in [0.25, 0.3) is 0 Å². The van der Waals surface area contributed by atoms with Crippen molar-refractivity contribution in [2.45, 2.75) is 51.3 Å². The fourth-order valence-corrected chi connectivity index (χ4v) is 3.68. The number of benzene rings is 2. The predicted octanol–water partition coefficient (Wildman–Crippen LogP) is 5.04. The molecule has 0 saturated heterocycles. The highest BCUT2D eigenvalue weighted by Crippen LogP contribution is 2.24. The number of aryl methyl sites for hydroxylation is 1. The SMILES string of the molecule is Cc1cc(NS(=O)(=O)c2ccc(C(C)C)cc2)ccc1C(C)C. The molecule has 2 aromatic carbocycles. The molecule has 0 heterocycles. The van der Waals surface area contributed by atoms with E-state index in [-0.39, 0.29) is 4.90 Å². The number of hydrogen-bond donors (Lipinski definition) is 1. The quantitative estimate of drug-likeness (QED) is 0.834. The lowest BCUT2D eigenvalue weighted by Gasteiger charge is -2.13. The zero-order valence-corrected chi connectivity index (χ0v) is 15.2. The van der Waals surface area contributed by atoms with Crippen LogP contribution >= 0.6 is 0 Å². The molecule has 4 heteroatoms. The smallest absolute Gasteiger partial charge is 0.261 e. The van der Waals surface area contributed by atoms with Gasteiger partial charge in [0.05, 0.1) is 4.90 Å². The van der Waals surface area contributed by atoms with Crippen molar-refractivity contribution < 1.29 is 8.42 Å². The maximum atomic E-state index is 12.5. The van der Waals surface area contributed by atoms with Crippen molar-refractivity contribution in [2.24, 2.45) is 0 Å². The molecule has 0 amide bonds. The number of sulfonamides is 1. The van der Waals surface area contributed by atoms with Crippen LogP contribution in [0.15, 0.2) is 47.4 Å². The minimum Gasteiger partial charge on any atom is -0.280 e. The van der Waals surface area contributed by atoms with E-state index in [0.717, 1.165) is 11.1 Å². The molecule has 0 radical (unpaired) electrons. The first-order valence-electron chi connectivity index (χ1n) is 7.94. The molecule has 0 aliphatic carbocycles. The molecule has 0 spiro atoms. The Kier molecular flexibility index (Phi) is 5.15. The molecule has 0 bridgehead atoms. The van der Waals surface area contributed by atoms with Gasteiger partial charge in [-0.3, -0.25) is 4.72 Å². The first kappa shape index (κ1) is 17.5. The van der Waals surface area contributed by atoms with Crippen LogP contribution < -0.4 is 4.72 Å². The van der Waals surface area contributed by atoms with Gasteiger partial charge in [-0.2, -0.15) is 0 Å². The van der Waals surface area contributed by atoms with E-state index < -0.39 is 10.0 Å². The van der Waals surface area contributed by atoms with E-state index in [0.29, 0.717) is 17.5 Å². The van der Waals surface area contributed by atoms with E-state index in [4.69, 9.17) is 0 Å². The van der Waals surface area contributed by atoms with Gasteiger partial charge >= 0.3 is 0 Å². The van der Waals surface area contributed by atoms with E-state index >= 15 is 0 Å². The minimum absolute atomic E-state index is 0.285. The molecule has 1 N–H and O–H groups in total. The van der Waals surface area contributed by atoms with Crippen LogP contribution in [-0.2, 0) is 10.0 Å². The molecular formula is C19H25NO2S. The molecule has 0 saturated carbocycles. The van der Waals surface area contributed by atoms with Crippen LogP contribution in [0, 0.1) is 6.92 Å². The molecule has 0 aliphatic heterocycles. The van der Waals surface area contributed by atoms with Gasteiger partial charge in [0.15, 0.2) is 0 Å². The van der Waals surface area contributed by atoms with Crippen molar-refractivity contribution in [1.29, 1.82) is 0 Å². The van der Waals surface area contributed by atoms with Gasteiger partial charge in [-0.15, -0.1) is 0 Å². The largest absolute Gasteiger partial charge is 0.280 e. The van der Waals surface area contributed by atoms with Gasteiger partial charge in [0.1, 0.15) is 0 Å². The summed E-state index contributed by atoms with van der Waals surface area (Å²) in [4.78, 5) is 0.285. The van der Waals surface area contributed by atoms with Crippen LogP contribution in [0.4, 0.5) is 5.69 Å². The Labute approximate surface area is 139 Å². The molecule has 124 valence electrons. The molecule has 0 unspecified atom stereocenters. The topological polar surface area (TPSA) is 46.2 Å². The van der Waals surface area contributed by atoms with Crippen molar-refractivity contribution in [3.05, 3.63) is 59.2 Å². The van der Waals surface area contributed by atoms with Gasteiger partial charge in [0.2, 0.25) is 0 Å². The lowest BCUT2D eigenvalue weighted by atomic mass is 9.98. The number of anilines is 1. The van der Waals surface area contributed by atoms with Gasteiger partial charge in [-0.1, -0.05) is 45.9 Å². The number of hydrogen-bond acceptors (Lipinski definition) is 2. The molecule has 0 fully saturated rings. The summed E-state index contributed by atoms with van der Waals surface area (Å²) in [6, 6.07) is 12.7. The van der Waals surface area contributed by atoms with Gasteiger partial charge in [-0.05, 0) is 59.7 Å². The fraction of sp³-hybridized carbons (Fsp3) is 0.368. The zero-order chi connectivity index (χ0) is 17.2. The Balaban J connectivity index is 2.26. The first-order valence-corrected chi connectivity index (χ1v) is 9.42. The third kappa shape index (κ3) is 4.14. The van der Waals surface area contributed by atoms with Crippen molar-refractivity contribution in [2.75, 3.05) is 4.72 Å². The minimum atomic E-state index is -3.56. The van der Waals surface area contributed by atoms with Gasteiger partial charge in [-0.25, -0.2) is 8.42 Å². The van der Waals surface area contributed by atoms with Gasteiger partial charge in [0, 0.05) is 5.69 Å². The summed E-state index contributed by atoms with van der Waals surface area (Å²) >= 11 is 0. The predicted molar refractivity (Wildman–Crippen MR) is 96.6 cm³/mol. The summed E-state index contributed by atoms with van der Waals surface area (Å²) in [5.41, 5.74) is 4.05. The van der Waals surface area contributed by atoms with Gasteiger partial charge < -0.3 is 0 Å². The van der Waals surface area contributed by atoms with Crippen molar-refractivity contribution in [3.63, 3.8) is 0 Å². The summed E-state index contributed by atoms with van der Waals surface area (Å²) in [6.45, 7) is 10.4. The fourth-order valence-electron chi connectivity index (χ4n) is 2.63. The summed E-state index contributed by atoms with van der Waals surface area (Å²) in [5.74, 6) is 0.801. The standard InChI is InChI=1S/C19H25NO2S/c1-13(2)16-6-9-18(10-7-16)23(21,22)20-17-8-11-19(14(3)4)15(5)12-17/h6-14,20H,1-5H3. The first-order chi connectivity index (χ1) is 10.7. The zero-order valence-electron chi connectivity index (χ0n) is 14.4. The molecule has 2 aromatic rings. The molecule has 0 aliphatic rings. The second-order valence-corrected chi connectivity index (χ2v) is 8.24. The third-order valence-electron chi connectivity index (χ3n) is 4.00. The van der Waals surface area contributed by atoms with Crippen molar-refractivity contribution in [3.8, 4) is 0 Å². The summed E-state index contributed by atoms with van der Waals surface area (Å²) in [6.07, 6.45) is 0. The molecule has 23 heavy (non-hydrogen) atoms. The molecular weight excluding hydrogens is 306 g/mol. The average Bonchev–Trinajstić information content (AvgIpc) is 2.46. The Hall–Kier alpha value is -1.81. The molecule has 0 aromatic heterocycles. The monoisotopic (exact) mass is 331 g/mol. The highest BCUT2D eigenvalue weighted by molar-refractivity contribution is 7.92. The molecule has 0 atom stereocenters. The second-order valence-electron chi connectivity index (χ2n) is 6.56. The van der Waals surface area contributed by atoms with E-state index in [1.165, 1.54) is 5.56 Å². The molecule has 3 nitrogen and oxygen atoms in total. The van der Waals surface area contributed by atoms with E-state index in [1.54, 1.807) is 12.1 Å². The lowest BCUT2D eigenvalue weighted by molar-refractivity contribution is 0.601. The summed E-state index contributed by atoms with van der Waals surface area (Å²) in [7, 11) is -3.56. The Morgan fingerprint density at radius 3 is 1.96 bits per heavy atom. The van der Waals surface area contributed by atoms with Gasteiger partial charge in [0.25, 0.3) is 10.0 Å². The van der Waals surface area contributed by atoms with Crippen LogP contribution in [0.1, 0.15) is 56.2 Å². The normalized spacial score (nSPS) is 12.0. The van der Waals surface area contributed by atoms with E-state index in [1.807, 2.05) is 37.3 Å². The molecule has 2 rings (SSSR count). The van der Waals surface area contributed by atoms with Crippen LogP contribution in [0.2, 0.25) is 0 Å². The maximum Gasteiger partial charge on any atom is 0.261 e. The second kappa shape index (κ2) is 6.75. The van der Waals surface area contributed by atoms with E-state index in [9.17, 15) is 8.42 Å². The van der Waals surface area contributed by atoms with Crippen molar-refractivity contribution in [1.82, 2.24) is 0 Å².